The van der Waals surface area contributed by atoms with E-state index in [1.807, 2.05) is 0 Å². The second kappa shape index (κ2) is 37.2. The monoisotopic (exact) mass is 886 g/mol. The normalized spacial score (nSPS) is 20.1. The van der Waals surface area contributed by atoms with E-state index >= 15 is 0 Å². The Balaban J connectivity index is 2.37. The molecule has 1 saturated carbocycles. The third-order valence-electron chi connectivity index (χ3n) is 11.0. The molecule has 1 fully saturated rings. The fourth-order valence-corrected chi connectivity index (χ4v) is 8.13. The molecule has 61 heavy (non-hydrogen) atoms. The molecule has 7 atom stereocenters. The highest BCUT2D eigenvalue weighted by Gasteiger charge is 2.41. The number of aliphatic hydroxyl groups is 3. The maximum absolute atomic E-state index is 12.8. The first-order valence-corrected chi connectivity index (χ1v) is 25.1. The summed E-state index contributed by atoms with van der Waals surface area (Å²) in [6.45, 7) is 3.17. The van der Waals surface area contributed by atoms with E-state index in [1.54, 1.807) is 12.2 Å². The molecule has 6 N–H and O–H groups in total. The number of rotatable bonds is 40. The first kappa shape index (κ1) is 56.8. The number of aliphatic hydroxyl groups excluding tert-OH is 3. The first-order chi connectivity index (χ1) is 29.4. The van der Waals surface area contributed by atoms with Gasteiger partial charge in [-0.25, -0.2) is 4.57 Å². The lowest BCUT2D eigenvalue weighted by molar-refractivity contribution is -0.161. The number of hydrogen-bond donors (Lipinski definition) is 5. The number of carbonyl (C=O) groups excluding carboxylic acids is 3. The third-order valence-corrected chi connectivity index (χ3v) is 12.0. The molecule has 0 aromatic rings. The van der Waals surface area contributed by atoms with Crippen LogP contribution in [0.5, 0.6) is 0 Å². The summed E-state index contributed by atoms with van der Waals surface area (Å²) in [5.74, 6) is -2.10. The van der Waals surface area contributed by atoms with E-state index in [0.29, 0.717) is 25.7 Å². The molecule has 14 heteroatoms. The highest BCUT2D eigenvalue weighted by molar-refractivity contribution is 7.47. The van der Waals surface area contributed by atoms with Crippen LogP contribution in [0.2, 0.25) is 0 Å². The first-order valence-electron chi connectivity index (χ1n) is 23.6. The lowest BCUT2D eigenvalue weighted by atomic mass is 9.87. The number of phosphoric acid groups is 1. The van der Waals surface area contributed by atoms with E-state index in [0.717, 1.165) is 57.8 Å². The minimum atomic E-state index is -4.47. The summed E-state index contributed by atoms with van der Waals surface area (Å²) in [6, 6.07) is 0. The quantitative estimate of drug-likeness (QED) is 0.0168. The summed E-state index contributed by atoms with van der Waals surface area (Å²) in [4.78, 5) is 48.0. The minimum absolute atomic E-state index is 0.00110. The third kappa shape index (κ3) is 31.3. The van der Waals surface area contributed by atoms with Gasteiger partial charge >= 0.3 is 19.8 Å². The van der Waals surface area contributed by atoms with Gasteiger partial charge in [0.05, 0.1) is 31.5 Å². The lowest BCUT2D eigenvalue weighted by Gasteiger charge is -2.20. The Morgan fingerprint density at radius 3 is 1.95 bits per heavy atom. The number of unbranched alkanes of at least 4 members (excludes halogenated alkanes) is 15. The number of nitrogens with two attached hydrogens (primary N) is 1. The van der Waals surface area contributed by atoms with Gasteiger partial charge in [0, 0.05) is 50.5 Å². The molecule has 1 aliphatic rings. The highest BCUT2D eigenvalue weighted by Crippen LogP contribution is 2.43. The average molecular weight is 886 g/mol. The van der Waals surface area contributed by atoms with Crippen LogP contribution in [0.25, 0.3) is 0 Å². The Kier molecular flexibility index (Phi) is 34.6. The van der Waals surface area contributed by atoms with Crippen LogP contribution < -0.4 is 5.73 Å². The van der Waals surface area contributed by atoms with Crippen molar-refractivity contribution in [2.75, 3.05) is 26.4 Å². The van der Waals surface area contributed by atoms with Gasteiger partial charge in [0.15, 0.2) is 6.10 Å². The number of carbonyl (C=O) groups is 3. The van der Waals surface area contributed by atoms with Gasteiger partial charge < -0.3 is 35.4 Å². The van der Waals surface area contributed by atoms with Gasteiger partial charge in [-0.15, -0.1) is 0 Å². The van der Waals surface area contributed by atoms with Crippen molar-refractivity contribution in [2.24, 2.45) is 17.6 Å². The second-order valence-corrected chi connectivity index (χ2v) is 18.0. The van der Waals surface area contributed by atoms with Crippen LogP contribution in [0.4, 0.5) is 0 Å². The molecule has 13 nitrogen and oxygen atoms in total. The van der Waals surface area contributed by atoms with Crippen LogP contribution in [0.15, 0.2) is 36.5 Å². The van der Waals surface area contributed by atoms with Crippen molar-refractivity contribution in [3.63, 3.8) is 0 Å². The summed E-state index contributed by atoms with van der Waals surface area (Å²) < 4.78 is 32.7. The fraction of sp³-hybridized carbons (Fsp3) is 0.809. The van der Waals surface area contributed by atoms with Crippen molar-refractivity contribution in [2.45, 2.75) is 205 Å². The van der Waals surface area contributed by atoms with Gasteiger partial charge in [0.2, 0.25) is 0 Å². The Morgan fingerprint density at radius 1 is 0.721 bits per heavy atom. The number of allylic oxidation sites excluding steroid dienone is 4. The zero-order valence-corrected chi connectivity index (χ0v) is 38.6. The lowest BCUT2D eigenvalue weighted by Crippen LogP contribution is -2.29. The van der Waals surface area contributed by atoms with Crippen molar-refractivity contribution in [3.05, 3.63) is 36.5 Å². The van der Waals surface area contributed by atoms with E-state index in [-0.39, 0.29) is 51.0 Å². The molecule has 1 unspecified atom stereocenters. The molecule has 0 spiro atoms. The summed E-state index contributed by atoms with van der Waals surface area (Å²) in [7, 11) is -4.47. The van der Waals surface area contributed by atoms with Crippen molar-refractivity contribution >= 4 is 25.5 Å². The summed E-state index contributed by atoms with van der Waals surface area (Å²) in [6.07, 6.45) is 30.8. The van der Waals surface area contributed by atoms with Gasteiger partial charge in [0.1, 0.15) is 12.4 Å². The predicted octanol–water partition coefficient (Wildman–Crippen LogP) is 9.28. The van der Waals surface area contributed by atoms with Crippen molar-refractivity contribution in [1.82, 2.24) is 0 Å². The summed E-state index contributed by atoms with van der Waals surface area (Å²) >= 11 is 0. The molecule has 0 amide bonds. The minimum Gasteiger partial charge on any atom is -0.462 e. The molecule has 1 aliphatic carbocycles. The van der Waals surface area contributed by atoms with E-state index < -0.39 is 69.2 Å². The van der Waals surface area contributed by atoms with E-state index in [1.165, 1.54) is 51.4 Å². The second-order valence-electron chi connectivity index (χ2n) is 16.6. The number of Topliss-reactive ketones (excluding diaryl/α,β-unsaturated/α-hetero) is 1. The largest absolute Gasteiger partial charge is 0.472 e. The van der Waals surface area contributed by atoms with Crippen molar-refractivity contribution < 1.29 is 57.7 Å². The molecule has 0 aliphatic heterocycles. The van der Waals surface area contributed by atoms with Gasteiger partial charge in [-0.3, -0.25) is 23.4 Å². The van der Waals surface area contributed by atoms with Crippen LogP contribution in [0.1, 0.15) is 181 Å². The van der Waals surface area contributed by atoms with Gasteiger partial charge in [-0.05, 0) is 57.8 Å². The topological polar surface area (TPSA) is 212 Å². The molecular formula is C47H84NO12P. The van der Waals surface area contributed by atoms with E-state index in [2.05, 4.69) is 38.2 Å². The van der Waals surface area contributed by atoms with Gasteiger partial charge in [-0.1, -0.05) is 127 Å². The standard InChI is InChI=1S/C47H84NO12P/c1-3-5-7-8-9-10-11-12-13-14-15-16-17-18-19-20-21-22-24-30-47(54)60-41(38-59-61(55,56)58-34-33-48)37-57-46(53)29-26-25-28-40(50)35-43-42(44(51)36-45(43)52)32-31-39(49)27-23-6-4-2/h9-10,12-13,31-32,39,41-45,49,51-52H,3-8,11,14-30,33-38,48H2,1-2H3,(H,55,56)/b10-9-,13-12-,32-31+/t39-,41+,42+,43+,44+,45-/m0/s1. The van der Waals surface area contributed by atoms with E-state index in [4.69, 9.17) is 24.3 Å². The predicted molar refractivity (Wildman–Crippen MR) is 240 cm³/mol. The number of ketones is 1. The maximum Gasteiger partial charge on any atom is 0.472 e. The summed E-state index contributed by atoms with van der Waals surface area (Å²) in [5, 5.41) is 31.3. The van der Waals surface area contributed by atoms with Crippen molar-refractivity contribution in [3.8, 4) is 0 Å². The summed E-state index contributed by atoms with van der Waals surface area (Å²) in [5.41, 5.74) is 5.34. The molecule has 0 bridgehead atoms. The molecule has 354 valence electrons. The van der Waals surface area contributed by atoms with Crippen LogP contribution in [-0.2, 0) is 37.5 Å². The zero-order chi connectivity index (χ0) is 45.0. The number of phosphoric ester groups is 1. The zero-order valence-electron chi connectivity index (χ0n) is 37.7. The van der Waals surface area contributed by atoms with Crippen LogP contribution in [-0.4, -0.2) is 88.7 Å². The van der Waals surface area contributed by atoms with Crippen LogP contribution in [0, 0.1) is 11.8 Å². The average Bonchev–Trinajstić information content (AvgIpc) is 3.49. The van der Waals surface area contributed by atoms with Crippen LogP contribution in [0.3, 0.4) is 0 Å². The molecule has 0 radical (unpaired) electrons. The smallest absolute Gasteiger partial charge is 0.462 e. The molecular weight excluding hydrogens is 801 g/mol. The fourth-order valence-electron chi connectivity index (χ4n) is 7.37. The highest BCUT2D eigenvalue weighted by atomic mass is 31.2. The number of hydrogen-bond acceptors (Lipinski definition) is 12. The van der Waals surface area contributed by atoms with E-state index in [9.17, 15) is 39.2 Å². The SMILES string of the molecule is CCCCC/C=C\C/C=C\CCCCCCCCCCCC(=O)O[C@H](COC(=O)CCCCC(=O)C[C@@H]1[C@@H](/C=C/[C@@H](O)CCCCC)[C@H](O)C[C@@H]1O)COP(=O)(O)OCCN. The van der Waals surface area contributed by atoms with Crippen molar-refractivity contribution in [1.29, 1.82) is 0 Å². The number of esters is 2. The maximum atomic E-state index is 12.8. The Labute approximate surface area is 367 Å². The molecule has 0 aromatic heterocycles. The van der Waals surface area contributed by atoms with Gasteiger partial charge in [0.25, 0.3) is 0 Å². The molecule has 0 aromatic carbocycles. The Bertz CT molecular complexity index is 1280. The Morgan fingerprint density at radius 2 is 1.30 bits per heavy atom. The molecule has 0 heterocycles. The Hall–Kier alpha value is -2.22. The molecule has 0 saturated heterocycles. The molecule has 1 rings (SSSR count). The van der Waals surface area contributed by atoms with Crippen LogP contribution >= 0.6 is 7.82 Å². The van der Waals surface area contributed by atoms with Gasteiger partial charge in [-0.2, -0.15) is 0 Å². The number of ether oxygens (including phenoxy) is 2.